The predicted octanol–water partition coefficient (Wildman–Crippen LogP) is 4.04. The Morgan fingerprint density at radius 1 is 1.18 bits per heavy atom. The highest BCUT2D eigenvalue weighted by atomic mass is 35.5. The monoisotopic (exact) mass is 317 g/mol. The maximum atomic E-state index is 13.8. The minimum Gasteiger partial charge on any atom is -0.496 e. The number of ether oxygens (including phenoxy) is 1. The topological polar surface area (TPSA) is 47.0 Å². The van der Waals surface area contributed by atoms with Gasteiger partial charge in [0.25, 0.3) is 0 Å². The Morgan fingerprint density at radius 2 is 2.00 bits per heavy atom. The summed E-state index contributed by atoms with van der Waals surface area (Å²) in [5.74, 6) is 0.856. The maximum absolute atomic E-state index is 13.8. The number of rotatable bonds is 4. The average Bonchev–Trinajstić information content (AvgIpc) is 2.54. The van der Waals surface area contributed by atoms with Gasteiger partial charge in [-0.05, 0) is 24.3 Å². The molecule has 0 saturated heterocycles. The third kappa shape index (κ3) is 2.67. The van der Waals surface area contributed by atoms with E-state index in [0.717, 1.165) is 5.56 Å². The number of methoxy groups -OCH3 is 1. The zero-order chi connectivity index (χ0) is 15.5. The van der Waals surface area contributed by atoms with Crippen LogP contribution in [0.3, 0.4) is 0 Å². The molecule has 4 nitrogen and oxygen atoms in total. The van der Waals surface area contributed by atoms with Crippen molar-refractivity contribution in [2.24, 2.45) is 0 Å². The number of aromatic nitrogens is 2. The van der Waals surface area contributed by atoms with Crippen molar-refractivity contribution in [3.8, 4) is 5.75 Å². The van der Waals surface area contributed by atoms with E-state index in [-0.39, 0.29) is 11.3 Å². The summed E-state index contributed by atoms with van der Waals surface area (Å²) in [7, 11) is 1.59. The van der Waals surface area contributed by atoms with Gasteiger partial charge in [-0.1, -0.05) is 23.7 Å². The van der Waals surface area contributed by atoms with Crippen LogP contribution in [0, 0.1) is 5.82 Å². The third-order valence-corrected chi connectivity index (χ3v) is 3.70. The number of nitrogens with one attached hydrogen (secondary N) is 1. The zero-order valence-corrected chi connectivity index (χ0v) is 12.6. The van der Waals surface area contributed by atoms with E-state index in [0.29, 0.717) is 28.5 Å². The number of hydrogen-bond acceptors (Lipinski definition) is 4. The molecule has 1 aromatic heterocycles. The lowest BCUT2D eigenvalue weighted by molar-refractivity contribution is 0.410. The lowest BCUT2D eigenvalue weighted by Crippen LogP contribution is -2.05. The van der Waals surface area contributed by atoms with E-state index < -0.39 is 0 Å². The molecule has 0 aliphatic heterocycles. The molecule has 1 heterocycles. The normalized spacial score (nSPS) is 10.7. The van der Waals surface area contributed by atoms with E-state index in [2.05, 4.69) is 15.3 Å². The first kappa shape index (κ1) is 14.5. The highest BCUT2D eigenvalue weighted by molar-refractivity contribution is 6.31. The molecular formula is C16H13ClFN3O. The second-order valence-corrected chi connectivity index (χ2v) is 5.04. The number of fused-ring (bicyclic) bond motifs is 1. The Hall–Kier alpha value is -2.40. The van der Waals surface area contributed by atoms with Crippen molar-refractivity contribution in [1.29, 1.82) is 0 Å². The van der Waals surface area contributed by atoms with Crippen molar-refractivity contribution in [3.05, 3.63) is 59.1 Å². The van der Waals surface area contributed by atoms with Gasteiger partial charge in [0.15, 0.2) is 0 Å². The van der Waals surface area contributed by atoms with Crippen LogP contribution in [0.5, 0.6) is 5.75 Å². The molecule has 3 aromatic rings. The van der Waals surface area contributed by atoms with Crippen LogP contribution < -0.4 is 10.1 Å². The molecule has 22 heavy (non-hydrogen) atoms. The Bertz CT molecular complexity index is 826. The molecule has 0 aliphatic rings. The first-order chi connectivity index (χ1) is 10.7. The first-order valence-corrected chi connectivity index (χ1v) is 7.03. The smallest absolute Gasteiger partial charge is 0.149 e. The molecule has 2 aromatic carbocycles. The van der Waals surface area contributed by atoms with E-state index >= 15 is 0 Å². The molecule has 0 saturated carbocycles. The number of anilines is 1. The molecule has 0 aliphatic carbocycles. The van der Waals surface area contributed by atoms with E-state index in [4.69, 9.17) is 16.3 Å². The van der Waals surface area contributed by atoms with E-state index in [1.807, 2.05) is 12.1 Å². The van der Waals surface area contributed by atoms with E-state index in [1.165, 1.54) is 12.4 Å². The number of hydrogen-bond donors (Lipinski definition) is 1. The van der Waals surface area contributed by atoms with Gasteiger partial charge in [0.2, 0.25) is 0 Å². The SMILES string of the molecule is COc1cccc(Cl)c1CNc1ncnc2c(F)cccc12. The predicted molar refractivity (Wildman–Crippen MR) is 84.8 cm³/mol. The zero-order valence-electron chi connectivity index (χ0n) is 11.8. The standard InChI is InChI=1S/C16H13ClFN3O/c1-22-14-7-3-5-12(17)11(14)8-19-16-10-4-2-6-13(18)15(10)20-9-21-16/h2-7,9H,8H2,1H3,(H,19,20,21). The second-order valence-electron chi connectivity index (χ2n) is 4.63. The average molecular weight is 318 g/mol. The van der Waals surface area contributed by atoms with Gasteiger partial charge in [-0.3, -0.25) is 0 Å². The summed E-state index contributed by atoms with van der Waals surface area (Å²) in [6.07, 6.45) is 1.33. The Morgan fingerprint density at radius 3 is 2.82 bits per heavy atom. The molecule has 0 unspecified atom stereocenters. The summed E-state index contributed by atoms with van der Waals surface area (Å²) < 4.78 is 19.1. The first-order valence-electron chi connectivity index (χ1n) is 6.65. The van der Waals surface area contributed by atoms with Crippen molar-refractivity contribution in [2.75, 3.05) is 12.4 Å². The van der Waals surface area contributed by atoms with Gasteiger partial charge in [0.1, 0.15) is 29.2 Å². The van der Waals surface area contributed by atoms with Crippen LogP contribution in [-0.2, 0) is 6.54 Å². The van der Waals surface area contributed by atoms with Crippen LogP contribution in [0.2, 0.25) is 5.02 Å². The highest BCUT2D eigenvalue weighted by Crippen LogP contribution is 2.28. The molecule has 0 amide bonds. The van der Waals surface area contributed by atoms with Gasteiger partial charge < -0.3 is 10.1 Å². The van der Waals surface area contributed by atoms with Crippen LogP contribution in [0.25, 0.3) is 10.9 Å². The van der Waals surface area contributed by atoms with Crippen LogP contribution in [0.4, 0.5) is 10.2 Å². The Kier molecular flexibility index (Phi) is 4.06. The number of benzene rings is 2. The fraction of sp³-hybridized carbons (Fsp3) is 0.125. The molecule has 0 bridgehead atoms. The van der Waals surface area contributed by atoms with E-state index in [1.54, 1.807) is 25.3 Å². The lowest BCUT2D eigenvalue weighted by atomic mass is 10.2. The Balaban J connectivity index is 1.94. The number of halogens is 2. The fourth-order valence-electron chi connectivity index (χ4n) is 2.27. The van der Waals surface area contributed by atoms with Crippen LogP contribution in [0.1, 0.15) is 5.56 Å². The van der Waals surface area contributed by atoms with Crippen molar-refractivity contribution in [3.63, 3.8) is 0 Å². The van der Waals surface area contributed by atoms with Gasteiger partial charge in [-0.15, -0.1) is 0 Å². The summed E-state index contributed by atoms with van der Waals surface area (Å²) in [5, 5.41) is 4.38. The third-order valence-electron chi connectivity index (χ3n) is 3.34. The second kappa shape index (κ2) is 6.15. The summed E-state index contributed by atoms with van der Waals surface area (Å²) in [6, 6.07) is 10.2. The molecular weight excluding hydrogens is 305 g/mol. The van der Waals surface area contributed by atoms with Gasteiger partial charge in [0.05, 0.1) is 7.11 Å². The molecule has 0 spiro atoms. The van der Waals surface area contributed by atoms with Crippen LogP contribution in [0.15, 0.2) is 42.7 Å². The number of para-hydroxylation sites is 1. The molecule has 0 atom stereocenters. The molecule has 0 radical (unpaired) electrons. The van der Waals surface area contributed by atoms with Crippen molar-refractivity contribution in [2.45, 2.75) is 6.54 Å². The minimum absolute atomic E-state index is 0.283. The molecule has 112 valence electrons. The fourth-order valence-corrected chi connectivity index (χ4v) is 2.50. The highest BCUT2D eigenvalue weighted by Gasteiger charge is 2.10. The minimum atomic E-state index is -0.377. The molecule has 6 heteroatoms. The van der Waals surface area contributed by atoms with Crippen molar-refractivity contribution < 1.29 is 9.13 Å². The van der Waals surface area contributed by atoms with Crippen LogP contribution in [-0.4, -0.2) is 17.1 Å². The summed E-state index contributed by atoms with van der Waals surface area (Å²) >= 11 is 6.21. The van der Waals surface area contributed by atoms with Crippen molar-refractivity contribution >= 4 is 28.3 Å². The van der Waals surface area contributed by atoms with Crippen molar-refractivity contribution in [1.82, 2.24) is 9.97 Å². The molecule has 0 fully saturated rings. The van der Waals surface area contributed by atoms with Gasteiger partial charge in [0, 0.05) is 22.5 Å². The summed E-state index contributed by atoms with van der Waals surface area (Å²) in [5.41, 5.74) is 1.10. The molecule has 1 N–H and O–H groups in total. The van der Waals surface area contributed by atoms with Gasteiger partial charge in [-0.2, -0.15) is 0 Å². The summed E-state index contributed by atoms with van der Waals surface area (Å²) in [4.78, 5) is 8.15. The molecule has 3 rings (SSSR count). The summed E-state index contributed by atoms with van der Waals surface area (Å²) in [6.45, 7) is 0.408. The van der Waals surface area contributed by atoms with Gasteiger partial charge in [-0.25, -0.2) is 14.4 Å². The quantitative estimate of drug-likeness (QED) is 0.789. The van der Waals surface area contributed by atoms with Gasteiger partial charge >= 0.3 is 0 Å². The Labute approximate surface area is 131 Å². The lowest BCUT2D eigenvalue weighted by Gasteiger charge is -2.12. The van der Waals surface area contributed by atoms with Crippen LogP contribution >= 0.6 is 11.6 Å². The number of nitrogens with zero attached hydrogens (tertiary/aromatic N) is 2. The maximum Gasteiger partial charge on any atom is 0.149 e. The van der Waals surface area contributed by atoms with E-state index in [9.17, 15) is 4.39 Å². The largest absolute Gasteiger partial charge is 0.496 e.